The van der Waals surface area contributed by atoms with E-state index < -0.39 is 6.36 Å². The fraction of sp³-hybridized carbons (Fsp3) is 0.312. The number of alkyl halides is 3. The molecule has 2 aromatic heterocycles. The zero-order valence-electron chi connectivity index (χ0n) is 13.5. The first-order valence-corrected chi connectivity index (χ1v) is 7.51. The minimum atomic E-state index is -4.72. The Morgan fingerprint density at radius 3 is 2.68 bits per heavy atom. The van der Waals surface area contributed by atoms with Crippen molar-refractivity contribution in [2.45, 2.75) is 26.8 Å². The number of fused-ring (bicyclic) bond motifs is 1. The van der Waals surface area contributed by atoms with Crippen LogP contribution in [0.2, 0.25) is 0 Å². The number of hydrogen-bond acceptors (Lipinski definition) is 5. The first-order valence-electron chi connectivity index (χ1n) is 7.51. The van der Waals surface area contributed by atoms with Crippen molar-refractivity contribution in [1.29, 1.82) is 0 Å². The van der Waals surface area contributed by atoms with Gasteiger partial charge in [-0.05, 0) is 37.6 Å². The summed E-state index contributed by atoms with van der Waals surface area (Å²) in [5.74, 6) is 0.353. The Kier molecular flexibility index (Phi) is 4.58. The molecule has 1 aromatic carbocycles. The summed E-state index contributed by atoms with van der Waals surface area (Å²) in [6.45, 7) is 4.42. The highest BCUT2D eigenvalue weighted by atomic mass is 19.4. The SMILES string of the molecule is CCOCc1nnc2cnc(-c3ccc(OC(F)(F)F)cc3C)cn12. The van der Waals surface area contributed by atoms with Crippen LogP contribution in [0.25, 0.3) is 16.9 Å². The monoisotopic (exact) mass is 352 g/mol. The van der Waals surface area contributed by atoms with Gasteiger partial charge in [0.2, 0.25) is 0 Å². The topological polar surface area (TPSA) is 61.5 Å². The van der Waals surface area contributed by atoms with E-state index in [1.807, 2.05) is 6.92 Å². The zero-order valence-corrected chi connectivity index (χ0v) is 13.5. The highest BCUT2D eigenvalue weighted by molar-refractivity contribution is 5.65. The predicted molar refractivity (Wildman–Crippen MR) is 83.0 cm³/mol. The third-order valence-corrected chi connectivity index (χ3v) is 3.51. The molecule has 6 nitrogen and oxygen atoms in total. The average molecular weight is 352 g/mol. The van der Waals surface area contributed by atoms with Gasteiger partial charge in [0.15, 0.2) is 11.5 Å². The fourth-order valence-corrected chi connectivity index (χ4v) is 2.40. The van der Waals surface area contributed by atoms with Gasteiger partial charge in [0.25, 0.3) is 0 Å². The van der Waals surface area contributed by atoms with Crippen LogP contribution in [0, 0.1) is 6.92 Å². The molecule has 9 heteroatoms. The molecule has 0 radical (unpaired) electrons. The van der Waals surface area contributed by atoms with Crippen molar-refractivity contribution in [1.82, 2.24) is 19.6 Å². The number of nitrogens with zero attached hydrogens (tertiary/aromatic N) is 4. The molecule has 0 spiro atoms. The van der Waals surface area contributed by atoms with Crippen molar-refractivity contribution in [3.8, 4) is 17.0 Å². The van der Waals surface area contributed by atoms with E-state index in [4.69, 9.17) is 4.74 Å². The Balaban J connectivity index is 1.95. The second kappa shape index (κ2) is 6.67. The number of halogens is 3. The van der Waals surface area contributed by atoms with Crippen LogP contribution in [-0.4, -0.2) is 32.6 Å². The second-order valence-corrected chi connectivity index (χ2v) is 5.28. The second-order valence-electron chi connectivity index (χ2n) is 5.28. The number of benzene rings is 1. The van der Waals surface area contributed by atoms with Crippen molar-refractivity contribution >= 4 is 5.65 Å². The molecule has 0 unspecified atom stereocenters. The van der Waals surface area contributed by atoms with Crippen LogP contribution in [0.15, 0.2) is 30.6 Å². The maximum atomic E-state index is 12.3. The predicted octanol–water partition coefficient (Wildman–Crippen LogP) is 3.53. The molecule has 0 saturated heterocycles. The van der Waals surface area contributed by atoms with Crippen LogP contribution in [0.4, 0.5) is 13.2 Å². The molecule has 3 aromatic rings. The normalized spacial score (nSPS) is 11.9. The summed E-state index contributed by atoms with van der Waals surface area (Å²) in [5, 5.41) is 8.06. The van der Waals surface area contributed by atoms with Crippen molar-refractivity contribution < 1.29 is 22.6 Å². The minimum absolute atomic E-state index is 0.267. The largest absolute Gasteiger partial charge is 0.573 e. The van der Waals surface area contributed by atoms with Gasteiger partial charge in [-0.25, -0.2) is 0 Å². The maximum Gasteiger partial charge on any atom is 0.573 e. The van der Waals surface area contributed by atoms with Gasteiger partial charge in [-0.2, -0.15) is 0 Å². The van der Waals surface area contributed by atoms with E-state index >= 15 is 0 Å². The molecule has 0 fully saturated rings. The van der Waals surface area contributed by atoms with Crippen molar-refractivity contribution in [3.63, 3.8) is 0 Å². The fourth-order valence-electron chi connectivity index (χ4n) is 2.40. The number of aromatic nitrogens is 4. The molecule has 0 atom stereocenters. The zero-order chi connectivity index (χ0) is 18.0. The van der Waals surface area contributed by atoms with E-state index in [0.717, 1.165) is 0 Å². The molecular weight excluding hydrogens is 337 g/mol. The van der Waals surface area contributed by atoms with Gasteiger partial charge in [-0.3, -0.25) is 9.38 Å². The standard InChI is InChI=1S/C16H15F3N4O2/c1-3-24-9-15-22-21-14-7-20-13(8-23(14)15)12-5-4-11(6-10(12)2)25-16(17,18)19/h4-8H,3,9H2,1-2H3. The van der Waals surface area contributed by atoms with Crippen molar-refractivity contribution in [3.05, 3.63) is 42.0 Å². The minimum Gasteiger partial charge on any atom is -0.406 e. The number of ether oxygens (including phenoxy) is 2. The maximum absolute atomic E-state index is 12.3. The molecule has 0 saturated carbocycles. The summed E-state index contributed by atoms with van der Waals surface area (Å²) in [7, 11) is 0. The average Bonchev–Trinajstić information content (AvgIpc) is 2.93. The molecule has 0 N–H and O–H groups in total. The molecule has 0 amide bonds. The Hall–Kier alpha value is -2.68. The Morgan fingerprint density at radius 1 is 1.20 bits per heavy atom. The summed E-state index contributed by atoms with van der Waals surface area (Å²) in [6.07, 6.45) is -1.44. The Labute approximate surface area is 141 Å². The van der Waals surface area contributed by atoms with E-state index in [9.17, 15) is 13.2 Å². The summed E-state index contributed by atoms with van der Waals surface area (Å²) in [5.41, 5.74) is 2.44. The summed E-state index contributed by atoms with van der Waals surface area (Å²) in [4.78, 5) is 4.31. The van der Waals surface area contributed by atoms with Crippen molar-refractivity contribution in [2.24, 2.45) is 0 Å². The van der Waals surface area contributed by atoms with E-state index in [0.29, 0.717) is 41.5 Å². The highest BCUT2D eigenvalue weighted by Crippen LogP contribution is 2.29. The van der Waals surface area contributed by atoms with Crippen LogP contribution >= 0.6 is 0 Å². The third kappa shape index (κ3) is 3.87. The molecule has 0 aliphatic heterocycles. The molecule has 0 aliphatic carbocycles. The van der Waals surface area contributed by atoms with Gasteiger partial charge >= 0.3 is 6.36 Å². The molecule has 0 aliphatic rings. The molecule has 2 heterocycles. The van der Waals surface area contributed by atoms with Crippen LogP contribution in [0.1, 0.15) is 18.3 Å². The lowest BCUT2D eigenvalue weighted by atomic mass is 10.1. The summed E-state index contributed by atoms with van der Waals surface area (Å²) < 4.78 is 48.0. The number of aryl methyl sites for hydroxylation is 1. The summed E-state index contributed by atoms with van der Waals surface area (Å²) >= 11 is 0. The first kappa shape index (κ1) is 17.2. The van der Waals surface area contributed by atoms with Gasteiger partial charge in [0, 0.05) is 18.4 Å². The Bertz CT molecular complexity index is 893. The quantitative estimate of drug-likeness (QED) is 0.703. The van der Waals surface area contributed by atoms with Gasteiger partial charge < -0.3 is 9.47 Å². The number of hydrogen-bond donors (Lipinski definition) is 0. The molecule has 25 heavy (non-hydrogen) atoms. The first-order chi connectivity index (χ1) is 11.9. The third-order valence-electron chi connectivity index (χ3n) is 3.51. The van der Waals surface area contributed by atoms with Crippen LogP contribution in [-0.2, 0) is 11.3 Å². The molecular formula is C16H15F3N4O2. The van der Waals surface area contributed by atoms with E-state index in [1.165, 1.54) is 18.2 Å². The van der Waals surface area contributed by atoms with Gasteiger partial charge in [0.1, 0.15) is 12.4 Å². The summed E-state index contributed by atoms with van der Waals surface area (Å²) in [6, 6.07) is 4.12. The lowest BCUT2D eigenvalue weighted by Crippen LogP contribution is -2.17. The van der Waals surface area contributed by atoms with E-state index in [2.05, 4.69) is 19.9 Å². The van der Waals surface area contributed by atoms with Gasteiger partial charge in [-0.15, -0.1) is 23.4 Å². The molecule has 132 valence electrons. The molecule has 3 rings (SSSR count). The number of rotatable bonds is 5. The lowest BCUT2D eigenvalue weighted by molar-refractivity contribution is -0.274. The smallest absolute Gasteiger partial charge is 0.406 e. The van der Waals surface area contributed by atoms with Crippen molar-refractivity contribution in [2.75, 3.05) is 6.61 Å². The van der Waals surface area contributed by atoms with E-state index in [-0.39, 0.29) is 5.75 Å². The van der Waals surface area contributed by atoms with Gasteiger partial charge in [0.05, 0.1) is 11.9 Å². The van der Waals surface area contributed by atoms with Crippen LogP contribution < -0.4 is 4.74 Å². The molecule has 0 bridgehead atoms. The van der Waals surface area contributed by atoms with E-state index in [1.54, 1.807) is 23.7 Å². The van der Waals surface area contributed by atoms with Crippen LogP contribution in [0.3, 0.4) is 0 Å². The van der Waals surface area contributed by atoms with Gasteiger partial charge in [-0.1, -0.05) is 0 Å². The lowest BCUT2D eigenvalue weighted by Gasteiger charge is -2.11. The van der Waals surface area contributed by atoms with Crippen LogP contribution in [0.5, 0.6) is 5.75 Å². The Morgan fingerprint density at radius 2 is 2.00 bits per heavy atom. The highest BCUT2D eigenvalue weighted by Gasteiger charge is 2.31.